The first-order valence-electron chi connectivity index (χ1n) is 6.73. The maximum atomic E-state index is 5.06. The largest absolute Gasteiger partial charge is 0.357 e. The summed E-state index contributed by atoms with van der Waals surface area (Å²) in [4.78, 5) is 2.67. The molecule has 0 radical (unpaired) electrons. The Balaban J connectivity index is 1.58. The molecule has 3 unspecified atom stereocenters. The van der Waals surface area contributed by atoms with Gasteiger partial charge in [0.15, 0.2) is 5.76 Å². The van der Waals surface area contributed by atoms with Crippen molar-refractivity contribution in [3.8, 4) is 0 Å². The normalized spacial score (nSPS) is 33.1. The molecule has 1 aromatic heterocycles. The lowest BCUT2D eigenvalue weighted by Gasteiger charge is -2.35. The third kappa shape index (κ3) is 2.60. The minimum atomic E-state index is 0.760. The summed E-state index contributed by atoms with van der Waals surface area (Å²) in [7, 11) is 0. The Bertz CT molecular complexity index is 368. The van der Waals surface area contributed by atoms with E-state index in [0.29, 0.717) is 0 Å². The van der Waals surface area contributed by atoms with Crippen molar-refractivity contribution in [3.63, 3.8) is 0 Å². The van der Waals surface area contributed by atoms with Gasteiger partial charge < -0.3 is 9.42 Å². The van der Waals surface area contributed by atoms with Crippen LogP contribution in [-0.2, 0) is 0 Å². The van der Waals surface area contributed by atoms with Crippen molar-refractivity contribution < 1.29 is 4.52 Å². The average Bonchev–Trinajstić information content (AvgIpc) is 2.66. The van der Waals surface area contributed by atoms with Crippen LogP contribution >= 0.6 is 0 Å². The summed E-state index contributed by atoms with van der Waals surface area (Å²) in [5, 5.41) is 3.70. The van der Waals surface area contributed by atoms with E-state index < -0.39 is 0 Å². The third-order valence-corrected chi connectivity index (χ3v) is 4.15. The van der Waals surface area contributed by atoms with E-state index >= 15 is 0 Å². The summed E-state index contributed by atoms with van der Waals surface area (Å²) in [6, 6.07) is 2.66. The molecule has 0 spiro atoms. The monoisotopic (exact) mass is 232 g/mol. The number of hydrogen-bond acceptors (Lipinski definition) is 3. The number of fused-ring (bicyclic) bond motifs is 4. The highest BCUT2D eigenvalue weighted by Gasteiger charge is 2.30. The van der Waals surface area contributed by atoms with E-state index in [9.17, 15) is 0 Å². The molecule has 3 saturated heterocycles. The number of nitrogens with zero attached hydrogens (tertiary/aromatic N) is 2. The van der Waals surface area contributed by atoms with Crippen LogP contribution < -0.4 is 0 Å². The zero-order chi connectivity index (χ0) is 11.5. The molecule has 0 N–H and O–H groups in total. The van der Waals surface area contributed by atoms with Crippen LogP contribution in [0.25, 0.3) is 6.08 Å². The van der Waals surface area contributed by atoms with E-state index in [0.717, 1.165) is 24.1 Å². The Morgan fingerprint density at radius 2 is 2.41 bits per heavy atom. The number of rotatable bonds is 3. The quantitative estimate of drug-likeness (QED) is 0.802. The molecule has 3 heteroatoms. The first-order chi connectivity index (χ1) is 8.42. The predicted molar refractivity (Wildman–Crippen MR) is 67.5 cm³/mol. The Morgan fingerprint density at radius 1 is 1.41 bits per heavy atom. The Kier molecular flexibility index (Phi) is 3.27. The van der Waals surface area contributed by atoms with Crippen molar-refractivity contribution in [1.82, 2.24) is 10.1 Å². The highest BCUT2D eigenvalue weighted by atomic mass is 16.5. The molecule has 92 valence electrons. The second-order valence-electron chi connectivity index (χ2n) is 5.28. The molecule has 1 aromatic rings. The van der Waals surface area contributed by atoms with Crippen LogP contribution in [0.4, 0.5) is 0 Å². The van der Waals surface area contributed by atoms with Gasteiger partial charge in [-0.3, -0.25) is 0 Å². The summed E-state index contributed by atoms with van der Waals surface area (Å²) >= 11 is 0. The molecular formula is C14H20N2O. The van der Waals surface area contributed by atoms with Gasteiger partial charge in [-0.2, -0.15) is 0 Å². The Hall–Kier alpha value is -1.09. The molecule has 0 amide bonds. The molecule has 0 aliphatic carbocycles. The number of hydrogen-bond donors (Lipinski definition) is 0. The Morgan fingerprint density at radius 3 is 3.29 bits per heavy atom. The number of piperidine rings is 1. The van der Waals surface area contributed by atoms with Crippen molar-refractivity contribution in [2.24, 2.45) is 5.92 Å². The van der Waals surface area contributed by atoms with Gasteiger partial charge in [-0.1, -0.05) is 11.2 Å². The molecule has 4 heterocycles. The molecule has 3 aliphatic rings. The maximum Gasteiger partial charge on any atom is 0.159 e. The molecule has 0 saturated carbocycles. The van der Waals surface area contributed by atoms with Gasteiger partial charge in [-0.05, 0) is 57.2 Å². The lowest BCUT2D eigenvalue weighted by molar-refractivity contribution is 0.144. The standard InChI is InChI=1S/C14H20N2O/c1(5-14-6-8-15-17-14)4-13-11-12-3-2-9-16(13)10-7-12/h1,5-6,8,12-13H,2-4,7,9-11H2. The van der Waals surface area contributed by atoms with Crippen LogP contribution in [0, 0.1) is 5.92 Å². The first-order valence-corrected chi connectivity index (χ1v) is 6.73. The second-order valence-corrected chi connectivity index (χ2v) is 5.28. The van der Waals surface area contributed by atoms with Crippen LogP contribution in [-0.4, -0.2) is 29.2 Å². The smallest absolute Gasteiger partial charge is 0.159 e. The number of aromatic nitrogens is 1. The Labute approximate surface area is 102 Å². The lowest BCUT2D eigenvalue weighted by atomic mass is 9.89. The van der Waals surface area contributed by atoms with Crippen LogP contribution in [0.5, 0.6) is 0 Å². The highest BCUT2D eigenvalue weighted by molar-refractivity contribution is 5.41. The summed E-state index contributed by atoms with van der Waals surface area (Å²) in [6.07, 6.45) is 12.8. The minimum Gasteiger partial charge on any atom is -0.357 e. The van der Waals surface area contributed by atoms with Crippen LogP contribution in [0.3, 0.4) is 0 Å². The van der Waals surface area contributed by atoms with Gasteiger partial charge in [0.25, 0.3) is 0 Å². The van der Waals surface area contributed by atoms with Gasteiger partial charge in [-0.15, -0.1) is 0 Å². The van der Waals surface area contributed by atoms with Crippen molar-refractivity contribution in [1.29, 1.82) is 0 Å². The molecule has 3 nitrogen and oxygen atoms in total. The van der Waals surface area contributed by atoms with E-state index in [1.165, 1.54) is 38.8 Å². The van der Waals surface area contributed by atoms with E-state index in [1.54, 1.807) is 6.20 Å². The molecule has 17 heavy (non-hydrogen) atoms. The third-order valence-electron chi connectivity index (χ3n) is 4.15. The molecule has 0 aromatic carbocycles. The van der Waals surface area contributed by atoms with E-state index in [4.69, 9.17) is 4.52 Å². The topological polar surface area (TPSA) is 29.3 Å². The molecule has 3 fully saturated rings. The summed E-state index contributed by atoms with van der Waals surface area (Å²) < 4.78 is 5.06. The zero-order valence-corrected chi connectivity index (χ0v) is 10.2. The van der Waals surface area contributed by atoms with Gasteiger partial charge in [0.2, 0.25) is 0 Å². The van der Waals surface area contributed by atoms with Crippen LogP contribution in [0.2, 0.25) is 0 Å². The zero-order valence-electron chi connectivity index (χ0n) is 10.2. The van der Waals surface area contributed by atoms with Crippen molar-refractivity contribution >= 4 is 6.08 Å². The first kappa shape index (κ1) is 11.0. The SMILES string of the molecule is C(=Cc1ccno1)CC1CC2CCCN1CC2. The fourth-order valence-corrected chi connectivity index (χ4v) is 3.22. The minimum absolute atomic E-state index is 0.760. The second kappa shape index (κ2) is 5.05. The van der Waals surface area contributed by atoms with Crippen LogP contribution in [0.15, 0.2) is 22.9 Å². The molecule has 3 aliphatic heterocycles. The molecule has 4 rings (SSSR count). The van der Waals surface area contributed by atoms with Gasteiger partial charge >= 0.3 is 0 Å². The van der Waals surface area contributed by atoms with Gasteiger partial charge in [0, 0.05) is 12.1 Å². The van der Waals surface area contributed by atoms with Crippen molar-refractivity contribution in [3.05, 3.63) is 24.1 Å². The van der Waals surface area contributed by atoms with Crippen molar-refractivity contribution in [2.45, 2.75) is 38.1 Å². The maximum absolute atomic E-state index is 5.06. The van der Waals surface area contributed by atoms with Gasteiger partial charge in [-0.25, -0.2) is 0 Å². The average molecular weight is 232 g/mol. The molecule has 2 bridgehead atoms. The predicted octanol–water partition coefficient (Wildman–Crippen LogP) is 2.95. The molecule has 3 atom stereocenters. The van der Waals surface area contributed by atoms with Gasteiger partial charge in [0.05, 0.1) is 6.20 Å². The highest BCUT2D eigenvalue weighted by Crippen LogP contribution is 2.32. The van der Waals surface area contributed by atoms with E-state index in [2.05, 4.69) is 16.1 Å². The lowest BCUT2D eigenvalue weighted by Crippen LogP contribution is -2.39. The summed E-state index contributed by atoms with van der Waals surface area (Å²) in [5.41, 5.74) is 0. The fourth-order valence-electron chi connectivity index (χ4n) is 3.22. The van der Waals surface area contributed by atoms with Crippen LogP contribution in [0.1, 0.15) is 37.9 Å². The van der Waals surface area contributed by atoms with Crippen molar-refractivity contribution in [2.75, 3.05) is 13.1 Å². The fraction of sp³-hybridized carbons (Fsp3) is 0.643. The van der Waals surface area contributed by atoms with E-state index in [-0.39, 0.29) is 0 Å². The van der Waals surface area contributed by atoms with E-state index in [1.807, 2.05) is 12.1 Å². The molecular weight excluding hydrogens is 212 g/mol. The van der Waals surface area contributed by atoms with Gasteiger partial charge in [0.1, 0.15) is 0 Å². The summed E-state index contributed by atoms with van der Waals surface area (Å²) in [6.45, 7) is 2.61. The summed E-state index contributed by atoms with van der Waals surface area (Å²) in [5.74, 6) is 1.84.